The van der Waals surface area contributed by atoms with Crippen LogP contribution in [0.15, 0.2) is 272 Å². The highest BCUT2D eigenvalue weighted by molar-refractivity contribution is 5.98. The fourth-order valence-corrected chi connectivity index (χ4v) is 11.8. The van der Waals surface area contributed by atoms with Gasteiger partial charge in [0.15, 0.2) is 0 Å². The van der Waals surface area contributed by atoms with Crippen LogP contribution in [0.1, 0.15) is 57.3 Å². The van der Waals surface area contributed by atoms with Crippen LogP contribution in [0.4, 0.5) is 34.1 Å². The first-order chi connectivity index (χ1) is 34.7. The average molecular weight is 895 g/mol. The average Bonchev–Trinajstić information content (AvgIpc) is 3.44. The number of hydrogen-bond donors (Lipinski definition) is 0. The van der Waals surface area contributed by atoms with Crippen LogP contribution < -0.4 is 9.80 Å². The van der Waals surface area contributed by atoms with Gasteiger partial charge >= 0.3 is 0 Å². The molecule has 1 heterocycles. The van der Waals surface area contributed by atoms with Crippen molar-refractivity contribution in [1.29, 1.82) is 10.5 Å². The molecule has 0 fully saturated rings. The Labute approximate surface area is 409 Å². The maximum Gasteiger partial charge on any atom is 0.138 e. The van der Waals surface area contributed by atoms with Gasteiger partial charge in [0.1, 0.15) is 17.7 Å². The summed E-state index contributed by atoms with van der Waals surface area (Å²) >= 11 is 0. The van der Waals surface area contributed by atoms with E-state index in [1.165, 1.54) is 22.3 Å². The standard InChI is InChI=1S/C66H46N4/c67-45-47(46-68)64-56-29-13-15-31-58(56)65(59-32-16-14-30-57(59)64,50-37-41-54(42-38-50)69(52-25-9-3-10-26-52)53-27-11-4-12-28-53)51-39-43-55(44-40-51)70-62-35-19-17-33-60(62)66(48-21-5-1-6-22-48,49-23-7-2-8-24-49)61-34-18-20-36-63(61)70/h1-13,15,17-44H,14,16H2. The summed E-state index contributed by atoms with van der Waals surface area (Å²) in [5, 5.41) is 21.0. The smallest absolute Gasteiger partial charge is 0.138 e. The zero-order valence-corrected chi connectivity index (χ0v) is 38.5. The molecule has 12 rings (SSSR count). The predicted octanol–water partition coefficient (Wildman–Crippen LogP) is 16.1. The first-order valence-electron chi connectivity index (χ1n) is 24.0. The number of para-hydroxylation sites is 4. The van der Waals surface area contributed by atoms with Crippen molar-refractivity contribution in [2.75, 3.05) is 9.80 Å². The van der Waals surface area contributed by atoms with Crippen molar-refractivity contribution >= 4 is 39.7 Å². The largest absolute Gasteiger partial charge is 0.311 e. The molecule has 0 N–H and O–H groups in total. The summed E-state index contributed by atoms with van der Waals surface area (Å²) in [5.74, 6) is 0. The molecule has 2 aliphatic carbocycles. The summed E-state index contributed by atoms with van der Waals surface area (Å²) in [4.78, 5) is 4.71. The zero-order chi connectivity index (χ0) is 47.1. The summed E-state index contributed by atoms with van der Waals surface area (Å²) in [6, 6.07) is 91.7. The number of anilines is 6. The Kier molecular flexibility index (Phi) is 10.5. The lowest BCUT2D eigenvalue weighted by atomic mass is 9.56. The molecular weight excluding hydrogens is 849 g/mol. The topological polar surface area (TPSA) is 54.1 Å². The molecule has 0 radical (unpaired) electrons. The lowest BCUT2D eigenvalue weighted by molar-refractivity contribution is 0.709. The van der Waals surface area contributed by atoms with Crippen LogP contribution >= 0.6 is 0 Å². The van der Waals surface area contributed by atoms with Gasteiger partial charge in [-0.25, -0.2) is 0 Å². The van der Waals surface area contributed by atoms with E-state index in [0.29, 0.717) is 5.57 Å². The number of hydrogen-bond acceptors (Lipinski definition) is 4. The van der Waals surface area contributed by atoms with Gasteiger partial charge in [0.05, 0.1) is 22.2 Å². The van der Waals surface area contributed by atoms with Gasteiger partial charge in [-0.05, 0) is 129 Å². The van der Waals surface area contributed by atoms with E-state index >= 15 is 0 Å². The molecule has 0 saturated carbocycles. The SMILES string of the molecule is N#CC(C#N)=C1C2=CCCC=C2C(c2ccc(N(c3ccccc3)c3ccccc3)cc2)(c2ccc(N3c4ccccc4C(c4ccccc4)(c4ccccc4)c4ccccc43)cc2)c2ccccc21. The van der Waals surface area contributed by atoms with Gasteiger partial charge in [-0.2, -0.15) is 10.5 Å². The highest BCUT2D eigenvalue weighted by Gasteiger charge is 2.49. The second-order valence-electron chi connectivity index (χ2n) is 18.0. The molecular formula is C66H46N4. The summed E-state index contributed by atoms with van der Waals surface area (Å²) in [6.45, 7) is 0. The van der Waals surface area contributed by atoms with E-state index in [2.05, 4.69) is 259 Å². The second-order valence-corrected chi connectivity index (χ2v) is 18.0. The van der Waals surface area contributed by atoms with E-state index in [4.69, 9.17) is 0 Å². The van der Waals surface area contributed by atoms with Crippen LogP contribution in [-0.2, 0) is 10.8 Å². The molecule has 3 aliphatic rings. The van der Waals surface area contributed by atoms with E-state index in [9.17, 15) is 10.5 Å². The molecule has 0 saturated heterocycles. The summed E-state index contributed by atoms with van der Waals surface area (Å²) in [7, 11) is 0. The molecule has 1 unspecified atom stereocenters. The molecule has 0 amide bonds. The quantitative estimate of drug-likeness (QED) is 0.143. The van der Waals surface area contributed by atoms with Crippen molar-refractivity contribution in [1.82, 2.24) is 0 Å². The van der Waals surface area contributed by atoms with Crippen LogP contribution in [0.25, 0.3) is 5.57 Å². The van der Waals surface area contributed by atoms with Crippen LogP contribution in [0, 0.1) is 22.7 Å². The van der Waals surface area contributed by atoms with Crippen LogP contribution in [0.2, 0.25) is 0 Å². The van der Waals surface area contributed by atoms with Gasteiger partial charge in [-0.3, -0.25) is 0 Å². The predicted molar refractivity (Wildman–Crippen MR) is 284 cm³/mol. The second kappa shape index (κ2) is 17.5. The van der Waals surface area contributed by atoms with Crippen molar-refractivity contribution in [3.63, 3.8) is 0 Å². The minimum atomic E-state index is -0.808. The normalized spacial score (nSPS) is 16.1. The van der Waals surface area contributed by atoms with Gasteiger partial charge in [0.25, 0.3) is 0 Å². The molecule has 4 heteroatoms. The Bertz CT molecular complexity index is 3450. The Hall–Kier alpha value is -9.22. The fourth-order valence-electron chi connectivity index (χ4n) is 11.8. The van der Waals surface area contributed by atoms with Gasteiger partial charge in [0, 0.05) is 28.3 Å². The third-order valence-electron chi connectivity index (χ3n) is 14.6. The number of benzene rings is 9. The maximum absolute atomic E-state index is 10.5. The molecule has 1 atom stereocenters. The molecule has 0 aromatic heterocycles. The molecule has 4 nitrogen and oxygen atoms in total. The third kappa shape index (κ3) is 6.42. The van der Waals surface area contributed by atoms with E-state index in [1.54, 1.807) is 0 Å². The Morgan fingerprint density at radius 1 is 0.400 bits per heavy atom. The number of rotatable bonds is 8. The lowest BCUT2D eigenvalue weighted by Crippen LogP contribution is -2.38. The van der Waals surface area contributed by atoms with Gasteiger partial charge in [-0.1, -0.05) is 194 Å². The van der Waals surface area contributed by atoms with Crippen molar-refractivity contribution in [2.24, 2.45) is 0 Å². The third-order valence-corrected chi connectivity index (χ3v) is 14.6. The minimum Gasteiger partial charge on any atom is -0.311 e. The number of nitrogens with zero attached hydrogens (tertiary/aromatic N) is 4. The molecule has 9 aromatic carbocycles. The molecule has 0 spiro atoms. The van der Waals surface area contributed by atoms with Crippen LogP contribution in [0.5, 0.6) is 0 Å². The van der Waals surface area contributed by atoms with Crippen molar-refractivity contribution in [3.05, 3.63) is 316 Å². The van der Waals surface area contributed by atoms with E-state index < -0.39 is 10.8 Å². The molecule has 0 bridgehead atoms. The first-order valence-corrected chi connectivity index (χ1v) is 24.0. The van der Waals surface area contributed by atoms with E-state index in [1.807, 2.05) is 18.2 Å². The Morgan fingerprint density at radius 3 is 1.34 bits per heavy atom. The Balaban J connectivity index is 1.08. The van der Waals surface area contributed by atoms with Gasteiger partial charge in [0.2, 0.25) is 0 Å². The lowest BCUT2D eigenvalue weighted by Gasteiger charge is -2.47. The van der Waals surface area contributed by atoms with E-state index in [-0.39, 0.29) is 5.57 Å². The first kappa shape index (κ1) is 42.2. The number of nitriles is 2. The molecule has 1 aliphatic heterocycles. The van der Waals surface area contributed by atoms with Gasteiger partial charge < -0.3 is 9.80 Å². The van der Waals surface area contributed by atoms with Crippen molar-refractivity contribution in [2.45, 2.75) is 23.7 Å². The highest BCUT2D eigenvalue weighted by atomic mass is 15.2. The number of allylic oxidation sites excluding steroid dienone is 6. The fraction of sp³-hybridized carbons (Fsp3) is 0.0606. The monoisotopic (exact) mass is 894 g/mol. The van der Waals surface area contributed by atoms with Crippen LogP contribution in [-0.4, -0.2) is 0 Å². The van der Waals surface area contributed by atoms with Crippen molar-refractivity contribution in [3.8, 4) is 12.1 Å². The summed E-state index contributed by atoms with van der Waals surface area (Å²) < 4.78 is 0. The van der Waals surface area contributed by atoms with Crippen molar-refractivity contribution < 1.29 is 0 Å². The van der Waals surface area contributed by atoms with Crippen LogP contribution in [0.3, 0.4) is 0 Å². The zero-order valence-electron chi connectivity index (χ0n) is 38.5. The highest BCUT2D eigenvalue weighted by Crippen LogP contribution is 2.60. The molecule has 9 aromatic rings. The van der Waals surface area contributed by atoms with Gasteiger partial charge in [-0.15, -0.1) is 0 Å². The molecule has 70 heavy (non-hydrogen) atoms. The minimum absolute atomic E-state index is 0.122. The molecule has 330 valence electrons. The Morgan fingerprint density at radius 2 is 0.814 bits per heavy atom. The number of fused-ring (bicyclic) bond motifs is 4. The van der Waals surface area contributed by atoms with E-state index in [0.717, 1.165) is 80.4 Å². The summed E-state index contributed by atoms with van der Waals surface area (Å²) in [5.41, 5.74) is 16.9. The maximum atomic E-state index is 10.5. The summed E-state index contributed by atoms with van der Waals surface area (Å²) in [6.07, 6.45) is 6.24.